The minimum Gasteiger partial charge on any atom is -0.489 e. The fourth-order valence-electron chi connectivity index (χ4n) is 4.34. The standard InChI is InChI=1S/C24H26ClN5O3/c1-14(2)33-18-7-5-15(3)27-22(18)24(32)9-11-30(12-10-24)21-16(13-26)23(31)29(4)17-6-8-19(25)28-20(17)21/h5-8,14,32H,9-12H2,1-4H3. The molecule has 172 valence electrons. The van der Waals surface area contributed by atoms with E-state index in [0.717, 1.165) is 5.69 Å². The van der Waals surface area contributed by atoms with Crippen LogP contribution in [0.5, 0.6) is 5.75 Å². The van der Waals surface area contributed by atoms with E-state index >= 15 is 0 Å². The summed E-state index contributed by atoms with van der Waals surface area (Å²) in [4.78, 5) is 23.8. The van der Waals surface area contributed by atoms with Crippen molar-refractivity contribution in [3.63, 3.8) is 0 Å². The molecule has 33 heavy (non-hydrogen) atoms. The summed E-state index contributed by atoms with van der Waals surface area (Å²) in [5, 5.41) is 21.6. The molecule has 0 aliphatic carbocycles. The summed E-state index contributed by atoms with van der Waals surface area (Å²) in [5.41, 5.74) is 1.28. The first-order chi connectivity index (χ1) is 15.6. The van der Waals surface area contributed by atoms with Gasteiger partial charge in [0.05, 0.1) is 17.3 Å². The van der Waals surface area contributed by atoms with Crippen LogP contribution in [0.3, 0.4) is 0 Å². The zero-order valence-electron chi connectivity index (χ0n) is 19.1. The minimum absolute atomic E-state index is 0.0164. The molecular weight excluding hydrogens is 442 g/mol. The third-order valence-corrected chi connectivity index (χ3v) is 6.21. The molecule has 0 aromatic carbocycles. The lowest BCUT2D eigenvalue weighted by atomic mass is 9.86. The maximum Gasteiger partial charge on any atom is 0.270 e. The van der Waals surface area contributed by atoms with E-state index < -0.39 is 11.2 Å². The summed E-state index contributed by atoms with van der Waals surface area (Å²) in [6.45, 7) is 6.54. The molecule has 0 spiro atoms. The molecule has 1 aliphatic heterocycles. The van der Waals surface area contributed by atoms with Crippen LogP contribution in [-0.2, 0) is 12.6 Å². The number of pyridine rings is 3. The predicted octanol–water partition coefficient (Wildman–Crippen LogP) is 3.44. The number of aryl methyl sites for hydroxylation is 2. The van der Waals surface area contributed by atoms with Gasteiger partial charge < -0.3 is 19.3 Å². The smallest absolute Gasteiger partial charge is 0.270 e. The third-order valence-electron chi connectivity index (χ3n) is 6.00. The molecular formula is C24H26ClN5O3. The molecule has 0 radical (unpaired) electrons. The molecule has 8 nitrogen and oxygen atoms in total. The quantitative estimate of drug-likeness (QED) is 0.586. The molecule has 0 unspecified atom stereocenters. The van der Waals surface area contributed by atoms with Gasteiger partial charge in [-0.1, -0.05) is 11.6 Å². The first-order valence-electron chi connectivity index (χ1n) is 10.9. The highest BCUT2D eigenvalue weighted by atomic mass is 35.5. The Hall–Kier alpha value is -3.15. The van der Waals surface area contributed by atoms with Crippen molar-refractivity contribution in [3.8, 4) is 11.8 Å². The van der Waals surface area contributed by atoms with Crippen molar-refractivity contribution in [2.75, 3.05) is 18.0 Å². The number of fused-ring (bicyclic) bond motifs is 1. The molecule has 3 aromatic rings. The first kappa shape index (κ1) is 23.0. The largest absolute Gasteiger partial charge is 0.489 e. The Bertz CT molecular complexity index is 1320. The van der Waals surface area contributed by atoms with Crippen molar-refractivity contribution in [1.29, 1.82) is 5.26 Å². The molecule has 1 N–H and O–H groups in total. The fourth-order valence-corrected chi connectivity index (χ4v) is 4.49. The third kappa shape index (κ3) is 4.14. The van der Waals surface area contributed by atoms with Gasteiger partial charge in [-0.25, -0.2) is 4.98 Å². The number of piperidine rings is 1. The van der Waals surface area contributed by atoms with Crippen LogP contribution in [0.25, 0.3) is 11.0 Å². The van der Waals surface area contributed by atoms with Crippen molar-refractivity contribution >= 4 is 28.3 Å². The van der Waals surface area contributed by atoms with Gasteiger partial charge in [-0.05, 0) is 57.9 Å². The molecule has 1 aliphatic rings. The number of halogens is 1. The molecule has 1 fully saturated rings. The number of aliphatic hydroxyl groups is 1. The summed E-state index contributed by atoms with van der Waals surface area (Å²) in [5.74, 6) is 0.566. The summed E-state index contributed by atoms with van der Waals surface area (Å²) in [7, 11) is 1.61. The van der Waals surface area contributed by atoms with Gasteiger partial charge in [0.2, 0.25) is 0 Å². The summed E-state index contributed by atoms with van der Waals surface area (Å²) in [6.07, 6.45) is 0.637. The van der Waals surface area contributed by atoms with Crippen molar-refractivity contribution in [2.24, 2.45) is 7.05 Å². The number of hydrogen-bond donors (Lipinski definition) is 1. The second kappa shape index (κ2) is 8.65. The van der Waals surface area contributed by atoms with Crippen molar-refractivity contribution in [1.82, 2.24) is 14.5 Å². The second-order valence-electron chi connectivity index (χ2n) is 8.69. The first-order valence-corrected chi connectivity index (χ1v) is 11.2. The number of rotatable bonds is 4. The molecule has 4 heterocycles. The number of ether oxygens (including phenoxy) is 1. The normalized spacial score (nSPS) is 15.6. The Kier molecular flexibility index (Phi) is 6.04. The Balaban J connectivity index is 1.75. The predicted molar refractivity (Wildman–Crippen MR) is 127 cm³/mol. The average Bonchev–Trinajstić information content (AvgIpc) is 2.77. The van der Waals surface area contributed by atoms with E-state index in [9.17, 15) is 15.2 Å². The molecule has 0 amide bonds. The molecule has 9 heteroatoms. The number of anilines is 1. The van der Waals surface area contributed by atoms with Crippen LogP contribution in [0.2, 0.25) is 5.15 Å². The van der Waals surface area contributed by atoms with Crippen LogP contribution in [0.1, 0.15) is 43.6 Å². The van der Waals surface area contributed by atoms with Gasteiger partial charge in [0.15, 0.2) is 0 Å². The second-order valence-corrected chi connectivity index (χ2v) is 9.07. The molecule has 0 saturated carbocycles. The van der Waals surface area contributed by atoms with Crippen LogP contribution in [-0.4, -0.2) is 38.8 Å². The minimum atomic E-state index is -1.19. The van der Waals surface area contributed by atoms with Crippen LogP contribution in [0, 0.1) is 18.3 Å². The molecule has 4 rings (SSSR count). The van der Waals surface area contributed by atoms with Gasteiger partial charge in [0, 0.05) is 25.8 Å². The lowest BCUT2D eigenvalue weighted by molar-refractivity contribution is 0.00393. The van der Waals surface area contributed by atoms with E-state index in [0.29, 0.717) is 54.1 Å². The SMILES string of the molecule is Cc1ccc(OC(C)C)c(C2(O)CCN(c3c(C#N)c(=O)n(C)c4ccc(Cl)nc34)CC2)n1. The number of nitriles is 1. The maximum absolute atomic E-state index is 12.9. The van der Waals surface area contributed by atoms with E-state index in [4.69, 9.17) is 16.3 Å². The van der Waals surface area contributed by atoms with Crippen molar-refractivity contribution in [3.05, 3.63) is 56.7 Å². The van der Waals surface area contributed by atoms with Crippen molar-refractivity contribution in [2.45, 2.75) is 45.3 Å². The van der Waals surface area contributed by atoms with Gasteiger partial charge in [-0.15, -0.1) is 0 Å². The fraction of sp³-hybridized carbons (Fsp3) is 0.417. The van der Waals surface area contributed by atoms with Crippen LogP contribution >= 0.6 is 11.6 Å². The Morgan fingerprint density at radius 2 is 1.91 bits per heavy atom. The highest BCUT2D eigenvalue weighted by molar-refractivity contribution is 6.29. The molecule has 0 atom stereocenters. The Morgan fingerprint density at radius 1 is 1.21 bits per heavy atom. The summed E-state index contributed by atoms with van der Waals surface area (Å²) >= 11 is 6.15. The van der Waals surface area contributed by atoms with E-state index in [1.165, 1.54) is 4.57 Å². The van der Waals surface area contributed by atoms with Gasteiger partial charge in [-0.3, -0.25) is 9.78 Å². The zero-order valence-corrected chi connectivity index (χ0v) is 19.8. The van der Waals surface area contributed by atoms with Gasteiger partial charge in [0.1, 0.15) is 39.3 Å². The van der Waals surface area contributed by atoms with Crippen LogP contribution in [0.4, 0.5) is 5.69 Å². The monoisotopic (exact) mass is 467 g/mol. The number of nitrogens with zero attached hydrogens (tertiary/aromatic N) is 5. The van der Waals surface area contributed by atoms with E-state index in [1.807, 2.05) is 37.8 Å². The number of aromatic nitrogens is 3. The van der Waals surface area contributed by atoms with E-state index in [-0.39, 0.29) is 16.8 Å². The van der Waals surface area contributed by atoms with Gasteiger partial charge in [-0.2, -0.15) is 5.26 Å². The number of hydrogen-bond acceptors (Lipinski definition) is 7. The van der Waals surface area contributed by atoms with Crippen molar-refractivity contribution < 1.29 is 9.84 Å². The maximum atomic E-state index is 12.9. The molecule has 0 bridgehead atoms. The molecule has 3 aromatic heterocycles. The Labute approximate surface area is 197 Å². The average molecular weight is 468 g/mol. The van der Waals surface area contributed by atoms with E-state index in [1.54, 1.807) is 19.2 Å². The zero-order chi connectivity index (χ0) is 23.9. The van der Waals surface area contributed by atoms with Gasteiger partial charge >= 0.3 is 0 Å². The lowest BCUT2D eigenvalue weighted by Gasteiger charge is -2.40. The van der Waals surface area contributed by atoms with Crippen LogP contribution in [0.15, 0.2) is 29.1 Å². The topological polar surface area (TPSA) is 104 Å². The summed E-state index contributed by atoms with van der Waals surface area (Å²) < 4.78 is 7.33. The van der Waals surface area contributed by atoms with Gasteiger partial charge in [0.25, 0.3) is 5.56 Å². The Morgan fingerprint density at radius 3 is 2.55 bits per heavy atom. The van der Waals surface area contributed by atoms with E-state index in [2.05, 4.69) is 16.0 Å². The van der Waals surface area contributed by atoms with Crippen LogP contribution < -0.4 is 15.2 Å². The highest BCUT2D eigenvalue weighted by Gasteiger charge is 2.39. The highest BCUT2D eigenvalue weighted by Crippen LogP contribution is 2.40. The lowest BCUT2D eigenvalue weighted by Crippen LogP contribution is -2.44. The summed E-state index contributed by atoms with van der Waals surface area (Å²) in [6, 6.07) is 9.10. The molecule has 1 saturated heterocycles.